The molecule has 0 aliphatic carbocycles. The van der Waals surface area contributed by atoms with E-state index in [1.54, 1.807) is 13.2 Å². The van der Waals surface area contributed by atoms with Crippen molar-refractivity contribution in [2.45, 2.75) is 44.7 Å². The van der Waals surface area contributed by atoms with Gasteiger partial charge in [0.05, 0.1) is 7.11 Å². The van der Waals surface area contributed by atoms with Crippen LogP contribution in [-0.4, -0.2) is 36.2 Å². The quantitative estimate of drug-likeness (QED) is 0.869. The highest BCUT2D eigenvalue weighted by molar-refractivity contribution is 5.42. The molecule has 2 atom stereocenters. The average Bonchev–Trinajstić information content (AvgIpc) is 2.50. The number of phenolic OH excluding ortho intramolecular Hbond substituents is 1. The molecule has 1 aromatic rings. The fourth-order valence-corrected chi connectivity index (χ4v) is 3.24. The maximum Gasteiger partial charge on any atom is 0.160 e. The van der Waals surface area contributed by atoms with E-state index in [4.69, 9.17) is 10.5 Å². The van der Waals surface area contributed by atoms with Crippen molar-refractivity contribution in [3.63, 3.8) is 0 Å². The zero-order valence-electron chi connectivity index (χ0n) is 12.5. The summed E-state index contributed by atoms with van der Waals surface area (Å²) in [6.07, 6.45) is 4.96. The van der Waals surface area contributed by atoms with Crippen LogP contribution >= 0.6 is 0 Å². The highest BCUT2D eigenvalue weighted by atomic mass is 16.5. The van der Waals surface area contributed by atoms with Crippen LogP contribution in [0.15, 0.2) is 18.2 Å². The van der Waals surface area contributed by atoms with Crippen LogP contribution in [0, 0.1) is 0 Å². The number of benzene rings is 1. The summed E-state index contributed by atoms with van der Waals surface area (Å²) in [5.74, 6) is 0.698. The third-order valence-corrected chi connectivity index (χ3v) is 4.36. The maximum atomic E-state index is 9.73. The summed E-state index contributed by atoms with van der Waals surface area (Å²) >= 11 is 0. The van der Waals surface area contributed by atoms with E-state index in [0.29, 0.717) is 18.3 Å². The second-order valence-electron chi connectivity index (χ2n) is 5.48. The number of piperidine rings is 1. The molecule has 1 aromatic carbocycles. The highest BCUT2D eigenvalue weighted by Gasteiger charge is 2.28. The Labute approximate surface area is 121 Å². The lowest BCUT2D eigenvalue weighted by Gasteiger charge is -2.41. The number of methoxy groups -OCH3 is 1. The monoisotopic (exact) mass is 278 g/mol. The molecular weight excluding hydrogens is 252 g/mol. The average molecular weight is 278 g/mol. The summed E-state index contributed by atoms with van der Waals surface area (Å²) in [6, 6.07) is 6.37. The predicted octanol–water partition coefficient (Wildman–Crippen LogP) is 2.67. The van der Waals surface area contributed by atoms with Crippen molar-refractivity contribution in [3.8, 4) is 11.5 Å². The standard InChI is InChI=1S/C16H26N2O2/c1-3-13-6-4-5-9-18(13)14(11-17)12-7-8-15(19)16(10-12)20-2/h7-8,10,13-14,19H,3-6,9,11,17H2,1-2H3. The minimum atomic E-state index is 0.178. The van der Waals surface area contributed by atoms with Crippen molar-refractivity contribution in [1.29, 1.82) is 0 Å². The Balaban J connectivity index is 2.26. The van der Waals surface area contributed by atoms with Crippen LogP contribution < -0.4 is 10.5 Å². The Morgan fingerprint density at radius 1 is 1.45 bits per heavy atom. The van der Waals surface area contributed by atoms with Crippen molar-refractivity contribution in [2.75, 3.05) is 20.2 Å². The Morgan fingerprint density at radius 3 is 2.90 bits per heavy atom. The molecule has 20 heavy (non-hydrogen) atoms. The molecule has 0 bridgehead atoms. The molecule has 1 aliphatic heterocycles. The number of ether oxygens (including phenoxy) is 1. The first-order valence-corrected chi connectivity index (χ1v) is 7.54. The SMILES string of the molecule is CCC1CCCCN1C(CN)c1ccc(O)c(OC)c1. The van der Waals surface area contributed by atoms with E-state index < -0.39 is 0 Å². The lowest BCUT2D eigenvalue weighted by atomic mass is 9.94. The van der Waals surface area contributed by atoms with Gasteiger partial charge in [-0.15, -0.1) is 0 Å². The van der Waals surface area contributed by atoms with Gasteiger partial charge in [0.1, 0.15) is 0 Å². The van der Waals surface area contributed by atoms with Gasteiger partial charge in [0.25, 0.3) is 0 Å². The van der Waals surface area contributed by atoms with E-state index >= 15 is 0 Å². The van der Waals surface area contributed by atoms with Gasteiger partial charge in [0.15, 0.2) is 11.5 Å². The van der Waals surface area contributed by atoms with Crippen LogP contribution in [-0.2, 0) is 0 Å². The van der Waals surface area contributed by atoms with Crippen molar-refractivity contribution in [1.82, 2.24) is 4.90 Å². The molecule has 112 valence electrons. The molecule has 2 unspecified atom stereocenters. The third kappa shape index (κ3) is 3.07. The summed E-state index contributed by atoms with van der Waals surface area (Å²) in [6.45, 7) is 3.93. The van der Waals surface area contributed by atoms with Gasteiger partial charge in [0, 0.05) is 18.6 Å². The van der Waals surface area contributed by atoms with Gasteiger partial charge in [-0.1, -0.05) is 19.4 Å². The summed E-state index contributed by atoms with van der Waals surface area (Å²) in [7, 11) is 1.58. The van der Waals surface area contributed by atoms with E-state index in [9.17, 15) is 5.11 Å². The van der Waals surface area contributed by atoms with Crippen LogP contribution in [0.5, 0.6) is 11.5 Å². The Bertz CT molecular complexity index is 436. The van der Waals surface area contributed by atoms with Crippen LogP contribution in [0.4, 0.5) is 0 Å². The first-order chi connectivity index (χ1) is 9.71. The van der Waals surface area contributed by atoms with Crippen molar-refractivity contribution >= 4 is 0 Å². The molecular formula is C16H26N2O2. The fourth-order valence-electron chi connectivity index (χ4n) is 3.24. The molecule has 4 heteroatoms. The molecule has 0 aromatic heterocycles. The Kier molecular flexibility index (Phi) is 5.26. The smallest absolute Gasteiger partial charge is 0.160 e. The lowest BCUT2D eigenvalue weighted by molar-refractivity contribution is 0.0947. The molecule has 1 heterocycles. The van der Waals surface area contributed by atoms with E-state index in [0.717, 1.165) is 18.5 Å². The van der Waals surface area contributed by atoms with Crippen LogP contribution in [0.2, 0.25) is 0 Å². The van der Waals surface area contributed by atoms with E-state index in [1.807, 2.05) is 12.1 Å². The zero-order valence-corrected chi connectivity index (χ0v) is 12.5. The molecule has 1 fully saturated rings. The van der Waals surface area contributed by atoms with Crippen LogP contribution in [0.3, 0.4) is 0 Å². The largest absolute Gasteiger partial charge is 0.504 e. The summed E-state index contributed by atoms with van der Waals surface area (Å²) in [5.41, 5.74) is 7.16. The Morgan fingerprint density at radius 2 is 2.25 bits per heavy atom. The minimum absolute atomic E-state index is 0.178. The molecule has 1 aliphatic rings. The van der Waals surface area contributed by atoms with E-state index in [2.05, 4.69) is 11.8 Å². The Hall–Kier alpha value is -1.26. The van der Waals surface area contributed by atoms with Gasteiger partial charge in [0.2, 0.25) is 0 Å². The second kappa shape index (κ2) is 6.95. The van der Waals surface area contributed by atoms with Crippen LogP contribution in [0.25, 0.3) is 0 Å². The summed E-state index contributed by atoms with van der Waals surface area (Å²) < 4.78 is 5.21. The topological polar surface area (TPSA) is 58.7 Å². The minimum Gasteiger partial charge on any atom is -0.504 e. The van der Waals surface area contributed by atoms with Crippen molar-refractivity contribution in [3.05, 3.63) is 23.8 Å². The lowest BCUT2D eigenvalue weighted by Crippen LogP contribution is -2.44. The zero-order chi connectivity index (χ0) is 14.5. The van der Waals surface area contributed by atoms with Crippen molar-refractivity contribution < 1.29 is 9.84 Å². The second-order valence-corrected chi connectivity index (χ2v) is 5.48. The summed E-state index contributed by atoms with van der Waals surface area (Å²) in [5, 5.41) is 9.73. The molecule has 4 nitrogen and oxygen atoms in total. The van der Waals surface area contributed by atoms with Gasteiger partial charge in [-0.3, -0.25) is 4.90 Å². The normalized spacial score (nSPS) is 21.6. The molecule has 3 N–H and O–H groups in total. The number of rotatable bonds is 5. The number of nitrogens with two attached hydrogens (primary N) is 1. The van der Waals surface area contributed by atoms with Crippen molar-refractivity contribution in [2.24, 2.45) is 5.73 Å². The molecule has 0 amide bonds. The molecule has 1 saturated heterocycles. The molecule has 0 spiro atoms. The summed E-state index contributed by atoms with van der Waals surface area (Å²) in [4.78, 5) is 2.52. The van der Waals surface area contributed by atoms with Gasteiger partial charge in [-0.05, 0) is 43.5 Å². The highest BCUT2D eigenvalue weighted by Crippen LogP contribution is 2.34. The van der Waals surface area contributed by atoms with Gasteiger partial charge < -0.3 is 15.6 Å². The number of nitrogens with zero attached hydrogens (tertiary/aromatic N) is 1. The molecule has 0 saturated carbocycles. The van der Waals surface area contributed by atoms with Crippen LogP contribution in [0.1, 0.15) is 44.2 Å². The fraction of sp³-hybridized carbons (Fsp3) is 0.625. The maximum absolute atomic E-state index is 9.73. The number of likely N-dealkylation sites (tertiary alicyclic amines) is 1. The first kappa shape index (κ1) is 15.1. The number of hydrogen-bond donors (Lipinski definition) is 2. The molecule has 0 radical (unpaired) electrons. The number of aromatic hydroxyl groups is 1. The molecule has 2 rings (SSSR count). The predicted molar refractivity (Wildman–Crippen MR) is 81.1 cm³/mol. The van der Waals surface area contributed by atoms with Gasteiger partial charge in [-0.25, -0.2) is 0 Å². The van der Waals surface area contributed by atoms with Gasteiger partial charge >= 0.3 is 0 Å². The third-order valence-electron chi connectivity index (χ3n) is 4.36. The number of hydrogen-bond acceptors (Lipinski definition) is 4. The first-order valence-electron chi connectivity index (χ1n) is 7.54. The number of phenols is 1. The van der Waals surface area contributed by atoms with E-state index in [-0.39, 0.29) is 11.8 Å². The van der Waals surface area contributed by atoms with E-state index in [1.165, 1.54) is 19.3 Å². The van der Waals surface area contributed by atoms with Gasteiger partial charge in [-0.2, -0.15) is 0 Å².